The van der Waals surface area contributed by atoms with Crippen molar-refractivity contribution in [3.05, 3.63) is 29.8 Å². The predicted molar refractivity (Wildman–Crippen MR) is 83.4 cm³/mol. The summed E-state index contributed by atoms with van der Waals surface area (Å²) in [5.74, 6) is 1.87. The first kappa shape index (κ1) is 16.3. The molecular formula is C16H26ClNO. The summed E-state index contributed by atoms with van der Waals surface area (Å²) < 4.78 is 5.82. The van der Waals surface area contributed by atoms with Crippen molar-refractivity contribution >= 4 is 12.4 Å². The van der Waals surface area contributed by atoms with Crippen LogP contribution in [-0.4, -0.2) is 19.7 Å². The van der Waals surface area contributed by atoms with Crippen LogP contribution in [0.25, 0.3) is 0 Å². The van der Waals surface area contributed by atoms with Gasteiger partial charge in [0.25, 0.3) is 0 Å². The molecule has 0 aliphatic carbocycles. The van der Waals surface area contributed by atoms with E-state index in [9.17, 15) is 0 Å². The molecular weight excluding hydrogens is 258 g/mol. The second-order valence-electron chi connectivity index (χ2n) is 5.22. The third-order valence-corrected chi connectivity index (χ3v) is 3.72. The Morgan fingerprint density at radius 1 is 1.16 bits per heavy atom. The Kier molecular flexibility index (Phi) is 7.92. The molecule has 1 N–H and O–H groups in total. The number of piperidine rings is 1. The maximum absolute atomic E-state index is 5.82. The van der Waals surface area contributed by atoms with Crippen LogP contribution < -0.4 is 10.1 Å². The molecule has 0 bridgehead atoms. The van der Waals surface area contributed by atoms with Crippen molar-refractivity contribution in [1.29, 1.82) is 0 Å². The van der Waals surface area contributed by atoms with Gasteiger partial charge in [0.05, 0.1) is 6.61 Å². The molecule has 0 aromatic heterocycles. The lowest BCUT2D eigenvalue weighted by Gasteiger charge is -2.22. The normalized spacial score (nSPS) is 15.8. The van der Waals surface area contributed by atoms with E-state index in [1.54, 1.807) is 0 Å². The SMILES string of the molecule is CCCc1ccc(OCCC2CCNCC2)cc1.Cl. The molecule has 1 heterocycles. The third-order valence-electron chi connectivity index (χ3n) is 3.72. The number of halogens is 1. The number of hydrogen-bond donors (Lipinski definition) is 1. The summed E-state index contributed by atoms with van der Waals surface area (Å²) >= 11 is 0. The maximum Gasteiger partial charge on any atom is 0.119 e. The molecule has 0 amide bonds. The fraction of sp³-hybridized carbons (Fsp3) is 0.625. The lowest BCUT2D eigenvalue weighted by atomic mass is 9.95. The van der Waals surface area contributed by atoms with E-state index in [-0.39, 0.29) is 12.4 Å². The second kappa shape index (κ2) is 9.22. The molecule has 2 nitrogen and oxygen atoms in total. The van der Waals surface area contributed by atoms with Gasteiger partial charge >= 0.3 is 0 Å². The van der Waals surface area contributed by atoms with Gasteiger partial charge in [-0.1, -0.05) is 25.5 Å². The smallest absolute Gasteiger partial charge is 0.119 e. The molecule has 2 rings (SSSR count). The van der Waals surface area contributed by atoms with E-state index < -0.39 is 0 Å². The Hall–Kier alpha value is -0.730. The summed E-state index contributed by atoms with van der Waals surface area (Å²) in [5.41, 5.74) is 1.41. The fourth-order valence-electron chi connectivity index (χ4n) is 2.55. The monoisotopic (exact) mass is 283 g/mol. The van der Waals surface area contributed by atoms with Crippen LogP contribution in [0.2, 0.25) is 0 Å². The number of nitrogens with one attached hydrogen (secondary N) is 1. The van der Waals surface area contributed by atoms with Crippen LogP contribution in [0.1, 0.15) is 38.2 Å². The molecule has 1 aromatic rings. The number of benzene rings is 1. The number of rotatable bonds is 6. The highest BCUT2D eigenvalue weighted by atomic mass is 35.5. The quantitative estimate of drug-likeness (QED) is 0.857. The van der Waals surface area contributed by atoms with Crippen LogP contribution in [0.15, 0.2) is 24.3 Å². The second-order valence-corrected chi connectivity index (χ2v) is 5.22. The third kappa shape index (κ3) is 5.84. The van der Waals surface area contributed by atoms with Crippen LogP contribution in [-0.2, 0) is 6.42 Å². The van der Waals surface area contributed by atoms with E-state index in [4.69, 9.17) is 4.74 Å². The first-order valence-electron chi connectivity index (χ1n) is 7.31. The topological polar surface area (TPSA) is 21.3 Å². The van der Waals surface area contributed by atoms with Crippen molar-refractivity contribution in [2.24, 2.45) is 5.92 Å². The van der Waals surface area contributed by atoms with Gasteiger partial charge in [0, 0.05) is 0 Å². The largest absolute Gasteiger partial charge is 0.494 e. The summed E-state index contributed by atoms with van der Waals surface area (Å²) in [6.07, 6.45) is 6.17. The summed E-state index contributed by atoms with van der Waals surface area (Å²) in [5, 5.41) is 3.40. The minimum atomic E-state index is 0. The summed E-state index contributed by atoms with van der Waals surface area (Å²) in [7, 11) is 0. The van der Waals surface area contributed by atoms with Crippen molar-refractivity contribution in [2.45, 2.75) is 39.0 Å². The highest BCUT2D eigenvalue weighted by molar-refractivity contribution is 5.85. The zero-order valence-electron chi connectivity index (χ0n) is 11.9. The van der Waals surface area contributed by atoms with E-state index in [2.05, 4.69) is 36.5 Å². The standard InChI is InChI=1S/C16H25NO.ClH/c1-2-3-14-4-6-16(7-5-14)18-13-10-15-8-11-17-12-9-15;/h4-7,15,17H,2-3,8-13H2,1H3;1H. The highest BCUT2D eigenvalue weighted by Gasteiger charge is 2.12. The summed E-state index contributed by atoms with van der Waals surface area (Å²) in [6.45, 7) is 5.42. The van der Waals surface area contributed by atoms with Crippen LogP contribution in [0.5, 0.6) is 5.75 Å². The zero-order valence-corrected chi connectivity index (χ0v) is 12.7. The maximum atomic E-state index is 5.82. The number of aryl methyl sites for hydroxylation is 1. The van der Waals surface area contributed by atoms with Crippen molar-refractivity contribution in [3.63, 3.8) is 0 Å². The van der Waals surface area contributed by atoms with Gasteiger partial charge in [0.2, 0.25) is 0 Å². The van der Waals surface area contributed by atoms with Gasteiger partial charge in [0.1, 0.15) is 5.75 Å². The minimum Gasteiger partial charge on any atom is -0.494 e. The van der Waals surface area contributed by atoms with Crippen LogP contribution in [0, 0.1) is 5.92 Å². The van der Waals surface area contributed by atoms with E-state index >= 15 is 0 Å². The average molecular weight is 284 g/mol. The van der Waals surface area contributed by atoms with Crippen molar-refractivity contribution in [1.82, 2.24) is 5.32 Å². The Bertz CT molecular complexity index is 333. The fourth-order valence-corrected chi connectivity index (χ4v) is 2.55. The molecule has 0 spiro atoms. The Morgan fingerprint density at radius 3 is 2.47 bits per heavy atom. The number of hydrogen-bond acceptors (Lipinski definition) is 2. The predicted octanol–water partition coefficient (Wildman–Crippen LogP) is 3.83. The number of ether oxygens (including phenoxy) is 1. The molecule has 19 heavy (non-hydrogen) atoms. The van der Waals surface area contributed by atoms with E-state index in [1.807, 2.05) is 0 Å². The Balaban J connectivity index is 0.00000180. The van der Waals surface area contributed by atoms with Crippen molar-refractivity contribution in [2.75, 3.05) is 19.7 Å². The average Bonchev–Trinajstić information content (AvgIpc) is 2.42. The van der Waals surface area contributed by atoms with Gasteiger partial charge < -0.3 is 10.1 Å². The van der Waals surface area contributed by atoms with Gasteiger partial charge in [-0.05, 0) is 62.4 Å². The molecule has 0 atom stereocenters. The van der Waals surface area contributed by atoms with E-state index in [0.717, 1.165) is 24.7 Å². The van der Waals surface area contributed by atoms with Crippen LogP contribution >= 0.6 is 12.4 Å². The molecule has 3 heteroatoms. The van der Waals surface area contributed by atoms with Crippen LogP contribution in [0.3, 0.4) is 0 Å². The summed E-state index contributed by atoms with van der Waals surface area (Å²) in [6, 6.07) is 8.58. The Labute approximate surface area is 123 Å². The molecule has 108 valence electrons. The molecule has 0 radical (unpaired) electrons. The van der Waals surface area contributed by atoms with E-state index in [0.29, 0.717) is 0 Å². The molecule has 1 aliphatic rings. The lowest BCUT2D eigenvalue weighted by Crippen LogP contribution is -2.28. The van der Waals surface area contributed by atoms with Crippen LogP contribution in [0.4, 0.5) is 0 Å². The van der Waals surface area contributed by atoms with E-state index in [1.165, 1.54) is 44.3 Å². The molecule has 1 saturated heterocycles. The molecule has 1 aliphatic heterocycles. The molecule has 0 unspecified atom stereocenters. The lowest BCUT2D eigenvalue weighted by molar-refractivity contribution is 0.252. The molecule has 1 fully saturated rings. The Morgan fingerprint density at radius 2 is 1.84 bits per heavy atom. The van der Waals surface area contributed by atoms with Crippen molar-refractivity contribution < 1.29 is 4.74 Å². The molecule has 0 saturated carbocycles. The van der Waals surface area contributed by atoms with Gasteiger partial charge in [-0.25, -0.2) is 0 Å². The zero-order chi connectivity index (χ0) is 12.6. The first-order chi connectivity index (χ1) is 8.88. The highest BCUT2D eigenvalue weighted by Crippen LogP contribution is 2.18. The summed E-state index contributed by atoms with van der Waals surface area (Å²) in [4.78, 5) is 0. The first-order valence-corrected chi connectivity index (χ1v) is 7.31. The molecule has 1 aromatic carbocycles. The van der Waals surface area contributed by atoms with Crippen molar-refractivity contribution in [3.8, 4) is 5.75 Å². The van der Waals surface area contributed by atoms with Gasteiger partial charge in [0.15, 0.2) is 0 Å². The minimum absolute atomic E-state index is 0. The van der Waals surface area contributed by atoms with Gasteiger partial charge in [-0.2, -0.15) is 0 Å². The van der Waals surface area contributed by atoms with Gasteiger partial charge in [-0.15, -0.1) is 12.4 Å². The van der Waals surface area contributed by atoms with Gasteiger partial charge in [-0.3, -0.25) is 0 Å².